The Labute approximate surface area is 147 Å². The number of esters is 1. The van der Waals surface area contributed by atoms with E-state index in [1.165, 1.54) is 0 Å². The van der Waals surface area contributed by atoms with Crippen LogP contribution >= 0.6 is 0 Å². The predicted octanol–water partition coefficient (Wildman–Crippen LogP) is 2.46. The summed E-state index contributed by atoms with van der Waals surface area (Å²) < 4.78 is 38.8. The van der Waals surface area contributed by atoms with E-state index in [2.05, 4.69) is 20.4 Å². The van der Waals surface area contributed by atoms with Gasteiger partial charge in [0.05, 0.1) is 42.4 Å². The molecule has 142 valence electrons. The van der Waals surface area contributed by atoms with E-state index in [0.717, 1.165) is 37.0 Å². The maximum atomic E-state index is 11.4. The Hall–Kier alpha value is -0.920. The minimum absolute atomic E-state index is 0.0745. The summed E-state index contributed by atoms with van der Waals surface area (Å²) >= 11 is 0. The summed E-state index contributed by atoms with van der Waals surface area (Å²) in [6.45, 7) is 14.3. The minimum atomic E-state index is -4.19. The first kappa shape index (κ1) is 23.1. The Morgan fingerprint density at radius 3 is 2.17 bits per heavy atom. The molecule has 0 spiro atoms. The monoisotopic (exact) mass is 363 g/mol. The van der Waals surface area contributed by atoms with Gasteiger partial charge in [-0.25, -0.2) is 13.2 Å². The number of quaternary nitrogens is 1. The molecule has 0 aliphatic carbocycles. The van der Waals surface area contributed by atoms with Gasteiger partial charge in [-0.3, -0.25) is 0 Å². The molecule has 0 heterocycles. The summed E-state index contributed by atoms with van der Waals surface area (Å²) in [5.74, 6) is -0.712. The highest BCUT2D eigenvalue weighted by Crippen LogP contribution is 2.21. The Bertz CT molecular complexity index is 495. The van der Waals surface area contributed by atoms with E-state index in [1.807, 2.05) is 6.92 Å². The highest BCUT2D eigenvalue weighted by atomic mass is 32.2. The molecule has 24 heavy (non-hydrogen) atoms. The normalized spacial score (nSPS) is 13.5. The Morgan fingerprint density at radius 2 is 1.75 bits per heavy atom. The summed E-state index contributed by atoms with van der Waals surface area (Å²) in [7, 11) is -4.19. The van der Waals surface area contributed by atoms with Gasteiger partial charge in [0.2, 0.25) is 0 Å². The maximum absolute atomic E-state index is 11.4. The Balaban J connectivity index is 4.85. The molecule has 0 saturated heterocycles. The molecule has 0 aromatic carbocycles. The molecule has 0 radical (unpaired) electrons. The molecule has 0 fully saturated rings. The lowest BCUT2D eigenvalue weighted by Gasteiger charge is -2.44. The van der Waals surface area contributed by atoms with Crippen LogP contribution in [-0.4, -0.2) is 61.5 Å². The predicted molar refractivity (Wildman–Crippen MR) is 94.5 cm³/mol. The van der Waals surface area contributed by atoms with Crippen LogP contribution in [0, 0.1) is 0 Å². The lowest BCUT2D eigenvalue weighted by molar-refractivity contribution is -0.950. The van der Waals surface area contributed by atoms with Crippen LogP contribution in [0.25, 0.3) is 0 Å². The third-order valence-corrected chi connectivity index (χ3v) is 5.12. The van der Waals surface area contributed by atoms with Gasteiger partial charge in [-0.1, -0.05) is 20.4 Å². The van der Waals surface area contributed by atoms with Gasteiger partial charge in [0.25, 0.3) is 0 Å². The molecule has 0 saturated carbocycles. The van der Waals surface area contributed by atoms with E-state index >= 15 is 0 Å². The third kappa shape index (κ3) is 8.80. The summed E-state index contributed by atoms with van der Waals surface area (Å²) in [6, 6.07) is 0.0745. The van der Waals surface area contributed by atoms with Gasteiger partial charge in [0.1, 0.15) is 0 Å². The van der Waals surface area contributed by atoms with Crippen molar-refractivity contribution in [3.05, 3.63) is 12.2 Å². The second-order valence-corrected chi connectivity index (χ2v) is 8.08. The molecule has 6 nitrogen and oxygen atoms in total. The van der Waals surface area contributed by atoms with Crippen LogP contribution in [0.5, 0.6) is 0 Å². The van der Waals surface area contributed by atoms with Crippen molar-refractivity contribution in [2.45, 2.75) is 59.4 Å². The van der Waals surface area contributed by atoms with Crippen LogP contribution in [0.4, 0.5) is 0 Å². The molecule has 0 aromatic heterocycles. The molecule has 7 heteroatoms. The number of nitrogens with zero attached hydrogens (tertiary/aromatic N) is 1. The van der Waals surface area contributed by atoms with Gasteiger partial charge < -0.3 is 13.8 Å². The molecule has 0 aliphatic rings. The van der Waals surface area contributed by atoms with Crippen molar-refractivity contribution in [3.8, 4) is 0 Å². The number of ether oxygens (including phenoxy) is 1. The second-order valence-electron chi connectivity index (χ2n) is 6.56. The summed E-state index contributed by atoms with van der Waals surface area (Å²) in [5, 5.41) is 0. The van der Waals surface area contributed by atoms with Gasteiger partial charge in [-0.15, -0.1) is 0 Å². The average molecular weight is 364 g/mol. The summed E-state index contributed by atoms with van der Waals surface area (Å²) in [4.78, 5) is 11.4. The van der Waals surface area contributed by atoms with E-state index in [4.69, 9.17) is 4.74 Å². The molecule has 0 aliphatic heterocycles. The minimum Gasteiger partial charge on any atom is -0.748 e. The highest BCUT2D eigenvalue weighted by molar-refractivity contribution is 7.85. The second kappa shape index (κ2) is 10.8. The van der Waals surface area contributed by atoms with Crippen LogP contribution in [0.2, 0.25) is 0 Å². The third-order valence-electron chi connectivity index (χ3n) is 4.39. The number of carbonyl (C=O) groups is 1. The lowest BCUT2D eigenvalue weighted by atomic mass is 10.1. The van der Waals surface area contributed by atoms with E-state index in [1.54, 1.807) is 6.92 Å². The number of rotatable bonds is 13. The molecule has 1 atom stereocenters. The largest absolute Gasteiger partial charge is 0.748 e. The SMILES string of the molecule is C=C(C)C(=O)OCCC[N+](CCC)(CCC)C(C)CCS(=O)(=O)[O-]. The zero-order valence-corrected chi connectivity index (χ0v) is 16.4. The Kier molecular flexibility index (Phi) is 10.4. The molecule has 0 N–H and O–H groups in total. The zero-order chi connectivity index (χ0) is 18.8. The molecular formula is C17H33NO5S. The fourth-order valence-corrected chi connectivity index (χ4v) is 3.77. The van der Waals surface area contributed by atoms with Crippen molar-refractivity contribution in [2.75, 3.05) is 32.0 Å². The van der Waals surface area contributed by atoms with Gasteiger partial charge in [0.15, 0.2) is 0 Å². The van der Waals surface area contributed by atoms with Crippen molar-refractivity contribution in [3.63, 3.8) is 0 Å². The standard InChI is InChI=1S/C17H33NO5S/c1-6-10-18(11-7-2,16(5)9-14-24(20,21)22)12-8-13-23-17(19)15(3)4/h16H,3,6-14H2,1-2,4-5H3. The van der Waals surface area contributed by atoms with Crippen molar-refractivity contribution in [1.29, 1.82) is 0 Å². The molecule has 0 aromatic rings. The molecule has 0 amide bonds. The van der Waals surface area contributed by atoms with Crippen LogP contribution in [-0.2, 0) is 19.6 Å². The van der Waals surface area contributed by atoms with Gasteiger partial charge in [-0.2, -0.15) is 0 Å². The van der Waals surface area contributed by atoms with Crippen molar-refractivity contribution >= 4 is 16.1 Å². The van der Waals surface area contributed by atoms with E-state index in [-0.39, 0.29) is 17.8 Å². The topological polar surface area (TPSA) is 83.5 Å². The number of carbonyl (C=O) groups excluding carboxylic acids is 1. The fraction of sp³-hybridized carbons (Fsp3) is 0.824. The quantitative estimate of drug-likeness (QED) is 0.165. The maximum Gasteiger partial charge on any atom is 0.333 e. The lowest BCUT2D eigenvalue weighted by Crippen LogP contribution is -2.56. The number of hydrogen-bond donors (Lipinski definition) is 0. The smallest absolute Gasteiger partial charge is 0.333 e. The highest BCUT2D eigenvalue weighted by Gasteiger charge is 2.32. The molecule has 0 bridgehead atoms. The fourth-order valence-electron chi connectivity index (χ4n) is 3.14. The first-order valence-corrected chi connectivity index (χ1v) is 10.3. The summed E-state index contributed by atoms with van der Waals surface area (Å²) in [5.41, 5.74) is 0.381. The first-order valence-electron chi connectivity index (χ1n) is 8.70. The molecular weight excluding hydrogens is 330 g/mol. The van der Waals surface area contributed by atoms with Crippen LogP contribution < -0.4 is 0 Å². The Morgan fingerprint density at radius 1 is 1.21 bits per heavy atom. The van der Waals surface area contributed by atoms with E-state index in [9.17, 15) is 17.8 Å². The van der Waals surface area contributed by atoms with Crippen molar-refractivity contribution in [1.82, 2.24) is 0 Å². The van der Waals surface area contributed by atoms with Crippen molar-refractivity contribution < 1.29 is 27.0 Å². The van der Waals surface area contributed by atoms with Gasteiger partial charge in [-0.05, 0) is 26.7 Å². The van der Waals surface area contributed by atoms with E-state index in [0.29, 0.717) is 25.0 Å². The summed E-state index contributed by atoms with van der Waals surface area (Å²) in [6.07, 6.45) is 3.00. The van der Waals surface area contributed by atoms with Gasteiger partial charge in [0, 0.05) is 24.2 Å². The first-order chi connectivity index (χ1) is 11.1. The zero-order valence-electron chi connectivity index (χ0n) is 15.5. The number of hydrogen-bond acceptors (Lipinski definition) is 5. The molecule has 1 unspecified atom stereocenters. The average Bonchev–Trinajstić information content (AvgIpc) is 2.48. The van der Waals surface area contributed by atoms with Crippen LogP contribution in [0.1, 0.15) is 53.4 Å². The van der Waals surface area contributed by atoms with Crippen LogP contribution in [0.3, 0.4) is 0 Å². The van der Waals surface area contributed by atoms with E-state index < -0.39 is 10.1 Å². The molecule has 0 rings (SSSR count). The van der Waals surface area contributed by atoms with Gasteiger partial charge >= 0.3 is 5.97 Å². The van der Waals surface area contributed by atoms with Crippen LogP contribution in [0.15, 0.2) is 12.2 Å². The van der Waals surface area contributed by atoms with Crippen molar-refractivity contribution in [2.24, 2.45) is 0 Å².